The van der Waals surface area contributed by atoms with Crippen molar-refractivity contribution in [2.24, 2.45) is 0 Å². The van der Waals surface area contributed by atoms with Crippen LogP contribution in [0.25, 0.3) is 0 Å². The van der Waals surface area contributed by atoms with E-state index in [0.717, 1.165) is 0 Å². The van der Waals surface area contributed by atoms with Crippen molar-refractivity contribution < 1.29 is 41.4 Å². The SMILES string of the molecule is CCC1=CC[C]([Ti+2]([C]2=C(C)C(CC)=CC2)=[Si](C)C)=C1C.[Cl-].[Cl-]. The molecule has 0 aromatic carbocycles. The largest absolute Gasteiger partial charge is 1.00 e. The summed E-state index contributed by atoms with van der Waals surface area (Å²) in [4.78, 5) is 0. The predicted molar refractivity (Wildman–Crippen MR) is 88.9 cm³/mol. The predicted octanol–water partition coefficient (Wildman–Crippen LogP) is -0.108. The first-order chi connectivity index (χ1) is 9.51. The van der Waals surface area contributed by atoms with E-state index < -0.39 is 16.6 Å². The fraction of sp³-hybridized carbons (Fsp3) is 0.556. The Labute approximate surface area is 155 Å². The molecular formula is C18H28Cl2SiTi. The summed E-state index contributed by atoms with van der Waals surface area (Å²) in [5, 5.41) is 0. The number of hydrogen-bond donors (Lipinski definition) is 0. The van der Waals surface area contributed by atoms with E-state index in [1.54, 1.807) is 22.3 Å². The van der Waals surface area contributed by atoms with Gasteiger partial charge in [0, 0.05) is 0 Å². The quantitative estimate of drug-likeness (QED) is 0.587. The summed E-state index contributed by atoms with van der Waals surface area (Å²) in [5.41, 5.74) is 6.62. The van der Waals surface area contributed by atoms with E-state index in [1.807, 2.05) is 7.76 Å². The van der Waals surface area contributed by atoms with Gasteiger partial charge in [0.15, 0.2) is 0 Å². The van der Waals surface area contributed by atoms with Crippen molar-refractivity contribution in [2.75, 3.05) is 0 Å². The summed E-state index contributed by atoms with van der Waals surface area (Å²) in [6.07, 6.45) is 9.83. The third kappa shape index (κ3) is 4.30. The Kier molecular flexibility index (Phi) is 9.90. The molecule has 0 aliphatic heterocycles. The van der Waals surface area contributed by atoms with Gasteiger partial charge in [0.05, 0.1) is 0 Å². The van der Waals surface area contributed by atoms with E-state index in [2.05, 4.69) is 52.9 Å². The van der Waals surface area contributed by atoms with Crippen LogP contribution in [-0.2, 0) is 16.6 Å². The summed E-state index contributed by atoms with van der Waals surface area (Å²) < 4.78 is 3.81. The third-order valence-corrected chi connectivity index (χ3v) is 16.7. The van der Waals surface area contributed by atoms with E-state index in [1.165, 1.54) is 25.7 Å². The molecule has 0 nitrogen and oxygen atoms in total. The molecule has 0 radical (unpaired) electrons. The standard InChI is InChI=1S/2C8H11.C2H6Si.2ClH.Ti/c2*1-3-8-6-4-5-7(8)2;1-3-2;;;/h2*6H,3-4H2,1-2H3;1-2H3;2*1H;/q;;;;;+2/p-2. The smallest absolute Gasteiger partial charge is 1.00 e. The van der Waals surface area contributed by atoms with Gasteiger partial charge in [0.1, 0.15) is 0 Å². The second-order valence-electron chi connectivity index (χ2n) is 6.16. The molecule has 2 rings (SSSR count). The second kappa shape index (κ2) is 9.69. The van der Waals surface area contributed by atoms with Crippen LogP contribution < -0.4 is 24.8 Å². The molecule has 0 heterocycles. The maximum Gasteiger partial charge on any atom is -1.00 e. The Morgan fingerprint density at radius 1 is 0.864 bits per heavy atom. The monoisotopic (exact) mass is 390 g/mol. The number of allylic oxidation sites excluding steroid dienone is 8. The maximum atomic E-state index is 2.56. The zero-order valence-corrected chi connectivity index (χ0v) is 18.8. The summed E-state index contributed by atoms with van der Waals surface area (Å²) in [7, 11) is 0. The summed E-state index contributed by atoms with van der Waals surface area (Å²) in [6, 6.07) is 0. The van der Waals surface area contributed by atoms with Gasteiger partial charge >= 0.3 is 131 Å². The molecule has 0 bridgehead atoms. The molecule has 2 aliphatic carbocycles. The normalized spacial score (nSPS) is 16.6. The average Bonchev–Trinajstić information content (AvgIpc) is 2.95. The molecule has 2 aliphatic rings. The Morgan fingerprint density at radius 3 is 1.45 bits per heavy atom. The first kappa shape index (κ1) is 22.5. The zero-order valence-electron chi connectivity index (χ0n) is 14.7. The molecule has 0 fully saturated rings. The Morgan fingerprint density at radius 2 is 1.23 bits per heavy atom. The van der Waals surface area contributed by atoms with Crippen LogP contribution >= 0.6 is 0 Å². The van der Waals surface area contributed by atoms with E-state index in [4.69, 9.17) is 0 Å². The van der Waals surface area contributed by atoms with E-state index >= 15 is 0 Å². The van der Waals surface area contributed by atoms with Crippen molar-refractivity contribution in [3.63, 3.8) is 0 Å². The summed E-state index contributed by atoms with van der Waals surface area (Å²) >= 11 is -1.20. The van der Waals surface area contributed by atoms with Gasteiger partial charge < -0.3 is 24.8 Å². The Hall–Kier alpha value is 0.471. The van der Waals surface area contributed by atoms with Crippen LogP contribution in [0.5, 0.6) is 0 Å². The minimum absolute atomic E-state index is 0. The fourth-order valence-electron chi connectivity index (χ4n) is 3.63. The van der Waals surface area contributed by atoms with Crippen LogP contribution in [-0.4, -0.2) is 6.19 Å². The molecule has 22 heavy (non-hydrogen) atoms. The van der Waals surface area contributed by atoms with Crippen molar-refractivity contribution in [3.05, 3.63) is 42.2 Å². The zero-order chi connectivity index (χ0) is 14.9. The van der Waals surface area contributed by atoms with Crippen LogP contribution in [0, 0.1) is 0 Å². The number of halogens is 2. The molecule has 0 unspecified atom stereocenters. The molecule has 0 amide bonds. The van der Waals surface area contributed by atoms with E-state index in [9.17, 15) is 0 Å². The summed E-state index contributed by atoms with van der Waals surface area (Å²) in [5.74, 6) is 0. The van der Waals surface area contributed by atoms with Crippen LogP contribution in [0.2, 0.25) is 13.1 Å². The minimum Gasteiger partial charge on any atom is -1.00 e. The first-order valence-electron chi connectivity index (χ1n) is 7.97. The van der Waals surface area contributed by atoms with Crippen LogP contribution in [0.4, 0.5) is 0 Å². The van der Waals surface area contributed by atoms with Crippen LogP contribution in [0.3, 0.4) is 0 Å². The van der Waals surface area contributed by atoms with E-state index in [0.29, 0.717) is 0 Å². The van der Waals surface area contributed by atoms with Gasteiger partial charge in [-0.15, -0.1) is 0 Å². The van der Waals surface area contributed by atoms with E-state index in [-0.39, 0.29) is 31.0 Å². The van der Waals surface area contributed by atoms with Gasteiger partial charge in [-0.3, -0.25) is 0 Å². The molecule has 0 N–H and O–H groups in total. The van der Waals surface area contributed by atoms with Crippen molar-refractivity contribution in [3.8, 4) is 0 Å². The molecule has 0 aromatic rings. The number of rotatable bonds is 4. The molecule has 122 valence electrons. The van der Waals surface area contributed by atoms with Crippen molar-refractivity contribution in [1.82, 2.24) is 0 Å². The van der Waals surface area contributed by atoms with Gasteiger partial charge in [0.2, 0.25) is 0 Å². The van der Waals surface area contributed by atoms with Crippen molar-refractivity contribution in [2.45, 2.75) is 66.5 Å². The second-order valence-corrected chi connectivity index (χ2v) is 18.0. The Bertz CT molecular complexity index is 542. The average molecular weight is 391 g/mol. The molecule has 4 heteroatoms. The number of hydrogen-bond acceptors (Lipinski definition) is 0. The van der Waals surface area contributed by atoms with Crippen LogP contribution in [0.1, 0.15) is 53.4 Å². The molecule has 0 saturated heterocycles. The van der Waals surface area contributed by atoms with Gasteiger partial charge in [-0.1, -0.05) is 0 Å². The minimum atomic E-state index is -1.20. The van der Waals surface area contributed by atoms with Gasteiger partial charge in [-0.2, -0.15) is 0 Å². The van der Waals surface area contributed by atoms with Crippen LogP contribution in [0.15, 0.2) is 42.2 Å². The first-order valence-corrected chi connectivity index (χ1v) is 14.4. The third-order valence-electron chi connectivity index (χ3n) is 4.84. The van der Waals surface area contributed by atoms with Crippen molar-refractivity contribution in [1.29, 1.82) is 0 Å². The molecule has 0 atom stereocenters. The van der Waals surface area contributed by atoms with Gasteiger partial charge in [-0.05, 0) is 0 Å². The fourth-order valence-corrected chi connectivity index (χ4v) is 16.1. The molecular weight excluding hydrogens is 363 g/mol. The molecule has 0 aromatic heterocycles. The Balaban J connectivity index is 0.00000220. The molecule has 0 saturated carbocycles. The maximum absolute atomic E-state index is 2.56. The summed E-state index contributed by atoms with van der Waals surface area (Å²) in [6.45, 7) is 14.5. The van der Waals surface area contributed by atoms with Gasteiger partial charge in [-0.25, -0.2) is 0 Å². The van der Waals surface area contributed by atoms with Gasteiger partial charge in [0.25, 0.3) is 0 Å². The molecule has 0 spiro atoms. The van der Waals surface area contributed by atoms with Crippen molar-refractivity contribution >= 4 is 6.19 Å². The topological polar surface area (TPSA) is 0 Å².